The van der Waals surface area contributed by atoms with E-state index in [9.17, 15) is 9.90 Å². The van der Waals surface area contributed by atoms with Crippen molar-refractivity contribution in [3.8, 4) is 11.5 Å². The van der Waals surface area contributed by atoms with Crippen LogP contribution in [0.4, 0.5) is 0 Å². The normalized spacial score (nSPS) is 10.8. The van der Waals surface area contributed by atoms with Gasteiger partial charge in [0.25, 0.3) is 0 Å². The number of benzene rings is 2. The largest absolute Gasteiger partial charge is 0.504 e. The first kappa shape index (κ1) is 15.3. The van der Waals surface area contributed by atoms with Crippen molar-refractivity contribution < 1.29 is 14.6 Å². The van der Waals surface area contributed by atoms with Crippen molar-refractivity contribution in [2.24, 2.45) is 4.99 Å². The number of rotatable bonds is 5. The molecule has 0 aromatic heterocycles. The van der Waals surface area contributed by atoms with E-state index in [-0.39, 0.29) is 18.1 Å². The molecule has 0 heterocycles. The molecule has 0 unspecified atom stereocenters. The van der Waals surface area contributed by atoms with Crippen LogP contribution in [0.1, 0.15) is 15.9 Å². The lowest BCUT2D eigenvalue weighted by atomic mass is 10.1. The molecule has 0 radical (unpaired) electrons. The standard InChI is InChI=1S/C16H14BrNO3/c1-21-15-8-13(17)7-12(16(15)20)9-18-10-14(19)11-5-3-2-4-6-11/h2-9,20H,10H2,1H3. The zero-order valence-corrected chi connectivity index (χ0v) is 13.0. The Morgan fingerprint density at radius 3 is 2.71 bits per heavy atom. The second kappa shape index (κ2) is 7.04. The average Bonchev–Trinajstić information content (AvgIpc) is 2.51. The van der Waals surface area contributed by atoms with Gasteiger partial charge in [-0.15, -0.1) is 0 Å². The third-order valence-electron chi connectivity index (χ3n) is 2.85. The lowest BCUT2D eigenvalue weighted by Gasteiger charge is -2.06. The molecular weight excluding hydrogens is 334 g/mol. The molecule has 0 saturated carbocycles. The van der Waals surface area contributed by atoms with Gasteiger partial charge in [-0.2, -0.15) is 0 Å². The number of methoxy groups -OCH3 is 1. The first-order chi connectivity index (χ1) is 10.1. The lowest BCUT2D eigenvalue weighted by molar-refractivity contribution is 0.100. The van der Waals surface area contributed by atoms with E-state index in [2.05, 4.69) is 20.9 Å². The van der Waals surface area contributed by atoms with Crippen LogP contribution in [0.15, 0.2) is 51.9 Å². The molecule has 0 fully saturated rings. The van der Waals surface area contributed by atoms with Crippen LogP contribution in [0.25, 0.3) is 0 Å². The van der Waals surface area contributed by atoms with Crippen molar-refractivity contribution >= 4 is 27.9 Å². The minimum Gasteiger partial charge on any atom is -0.504 e. The zero-order valence-electron chi connectivity index (χ0n) is 11.4. The Morgan fingerprint density at radius 2 is 2.05 bits per heavy atom. The van der Waals surface area contributed by atoms with Gasteiger partial charge in [-0.1, -0.05) is 46.3 Å². The van der Waals surface area contributed by atoms with Gasteiger partial charge in [0.2, 0.25) is 0 Å². The molecule has 4 nitrogen and oxygen atoms in total. The second-order valence-corrected chi connectivity index (χ2v) is 5.22. The van der Waals surface area contributed by atoms with Gasteiger partial charge in [0.15, 0.2) is 17.3 Å². The molecular formula is C16H14BrNO3. The number of aromatic hydroxyl groups is 1. The maximum Gasteiger partial charge on any atom is 0.184 e. The number of hydrogen-bond donors (Lipinski definition) is 1. The minimum absolute atomic E-state index is 0.00314. The molecule has 108 valence electrons. The predicted octanol–water partition coefficient (Wildman–Crippen LogP) is 3.47. The van der Waals surface area contributed by atoms with E-state index in [4.69, 9.17) is 4.74 Å². The van der Waals surface area contributed by atoms with Crippen molar-refractivity contribution in [2.75, 3.05) is 13.7 Å². The fourth-order valence-corrected chi connectivity index (χ4v) is 2.25. The molecule has 2 rings (SSSR count). The third-order valence-corrected chi connectivity index (χ3v) is 3.31. The topological polar surface area (TPSA) is 58.9 Å². The highest BCUT2D eigenvalue weighted by molar-refractivity contribution is 9.10. The summed E-state index contributed by atoms with van der Waals surface area (Å²) in [7, 11) is 1.47. The summed E-state index contributed by atoms with van der Waals surface area (Å²) in [6.07, 6.45) is 1.46. The molecule has 2 aromatic carbocycles. The Kier molecular flexibility index (Phi) is 5.11. The second-order valence-electron chi connectivity index (χ2n) is 4.30. The molecule has 5 heteroatoms. The highest BCUT2D eigenvalue weighted by Crippen LogP contribution is 2.32. The van der Waals surface area contributed by atoms with Gasteiger partial charge in [0.1, 0.15) is 6.54 Å². The van der Waals surface area contributed by atoms with Crippen LogP contribution in [0, 0.1) is 0 Å². The zero-order chi connectivity index (χ0) is 15.2. The number of phenolic OH excluding ortho intramolecular Hbond substituents is 1. The summed E-state index contributed by atoms with van der Waals surface area (Å²) in [4.78, 5) is 16.0. The molecule has 21 heavy (non-hydrogen) atoms. The minimum atomic E-state index is -0.0756. The van der Waals surface area contributed by atoms with E-state index < -0.39 is 0 Å². The molecule has 0 aliphatic rings. The number of carbonyl (C=O) groups is 1. The van der Waals surface area contributed by atoms with Crippen LogP contribution in [0.5, 0.6) is 11.5 Å². The van der Waals surface area contributed by atoms with E-state index in [0.29, 0.717) is 16.9 Å². The van der Waals surface area contributed by atoms with Gasteiger partial charge >= 0.3 is 0 Å². The Hall–Kier alpha value is -2.14. The number of ketones is 1. The lowest BCUT2D eigenvalue weighted by Crippen LogP contribution is -2.03. The van der Waals surface area contributed by atoms with Gasteiger partial charge in [0, 0.05) is 21.8 Å². The third kappa shape index (κ3) is 3.92. The number of halogens is 1. The summed E-state index contributed by atoms with van der Waals surface area (Å²) in [6.45, 7) is 0.0261. The Bertz CT molecular complexity index is 669. The van der Waals surface area contributed by atoms with Crippen LogP contribution in [0.2, 0.25) is 0 Å². The molecule has 0 saturated heterocycles. The predicted molar refractivity (Wildman–Crippen MR) is 85.6 cm³/mol. The van der Waals surface area contributed by atoms with Gasteiger partial charge in [0.05, 0.1) is 7.11 Å². The Morgan fingerprint density at radius 1 is 1.33 bits per heavy atom. The van der Waals surface area contributed by atoms with Crippen molar-refractivity contribution in [1.29, 1.82) is 0 Å². The quantitative estimate of drug-likeness (QED) is 0.665. The summed E-state index contributed by atoms with van der Waals surface area (Å²) < 4.78 is 5.81. The summed E-state index contributed by atoms with van der Waals surface area (Å²) >= 11 is 3.33. The van der Waals surface area contributed by atoms with E-state index in [1.807, 2.05) is 18.2 Å². The highest BCUT2D eigenvalue weighted by atomic mass is 79.9. The first-order valence-electron chi connectivity index (χ1n) is 6.26. The molecule has 0 aliphatic heterocycles. The number of ether oxygens (including phenoxy) is 1. The summed E-state index contributed by atoms with van der Waals surface area (Å²) in [6, 6.07) is 12.3. The number of hydrogen-bond acceptors (Lipinski definition) is 4. The smallest absolute Gasteiger partial charge is 0.184 e. The number of carbonyl (C=O) groups excluding carboxylic acids is 1. The number of nitrogens with zero attached hydrogens (tertiary/aromatic N) is 1. The fourth-order valence-electron chi connectivity index (χ4n) is 1.79. The monoisotopic (exact) mass is 347 g/mol. The van der Waals surface area contributed by atoms with Crippen LogP contribution in [-0.4, -0.2) is 30.8 Å². The molecule has 0 spiro atoms. The molecule has 1 N–H and O–H groups in total. The van der Waals surface area contributed by atoms with Crippen molar-refractivity contribution in [1.82, 2.24) is 0 Å². The summed E-state index contributed by atoms with van der Waals surface area (Å²) in [5.41, 5.74) is 1.10. The molecule has 0 atom stereocenters. The van der Waals surface area contributed by atoms with Crippen LogP contribution in [0.3, 0.4) is 0 Å². The fraction of sp³-hybridized carbons (Fsp3) is 0.125. The summed E-state index contributed by atoms with van der Waals surface area (Å²) in [5.74, 6) is 0.269. The van der Waals surface area contributed by atoms with Gasteiger partial charge in [-0.3, -0.25) is 9.79 Å². The molecule has 2 aromatic rings. The maximum atomic E-state index is 11.9. The SMILES string of the molecule is COc1cc(Br)cc(C=NCC(=O)c2ccccc2)c1O. The molecule has 0 bridgehead atoms. The van der Waals surface area contributed by atoms with Crippen LogP contribution in [-0.2, 0) is 0 Å². The number of aliphatic imine (C=N–C) groups is 1. The molecule has 0 amide bonds. The van der Waals surface area contributed by atoms with Crippen LogP contribution < -0.4 is 4.74 Å². The maximum absolute atomic E-state index is 11.9. The highest BCUT2D eigenvalue weighted by Gasteiger charge is 2.08. The Balaban J connectivity index is 2.12. The number of Topliss-reactive ketones (excluding diaryl/α,β-unsaturated/α-hetero) is 1. The van der Waals surface area contributed by atoms with Gasteiger partial charge < -0.3 is 9.84 Å². The van der Waals surface area contributed by atoms with Gasteiger partial charge in [-0.05, 0) is 12.1 Å². The van der Waals surface area contributed by atoms with Crippen molar-refractivity contribution in [3.63, 3.8) is 0 Å². The molecule has 0 aliphatic carbocycles. The Labute approximate surface area is 131 Å². The van der Waals surface area contributed by atoms with E-state index in [0.717, 1.165) is 4.47 Å². The van der Waals surface area contributed by atoms with Crippen LogP contribution >= 0.6 is 15.9 Å². The van der Waals surface area contributed by atoms with Crippen molar-refractivity contribution in [3.05, 3.63) is 58.1 Å². The average molecular weight is 348 g/mol. The number of phenols is 1. The van der Waals surface area contributed by atoms with E-state index in [1.54, 1.807) is 24.3 Å². The summed E-state index contributed by atoms with van der Waals surface area (Å²) in [5, 5.41) is 9.97. The first-order valence-corrected chi connectivity index (χ1v) is 7.05. The van der Waals surface area contributed by atoms with Gasteiger partial charge in [-0.25, -0.2) is 0 Å². The van der Waals surface area contributed by atoms with E-state index >= 15 is 0 Å². The van der Waals surface area contributed by atoms with Crippen molar-refractivity contribution in [2.45, 2.75) is 0 Å². The van der Waals surface area contributed by atoms with E-state index in [1.165, 1.54) is 13.3 Å².